The monoisotopic (exact) mass is 220 g/mol. The van der Waals surface area contributed by atoms with Gasteiger partial charge in [-0.05, 0) is 0 Å². The lowest BCUT2D eigenvalue weighted by Crippen LogP contribution is -2.13. The van der Waals surface area contributed by atoms with E-state index in [1.165, 1.54) is 0 Å². The number of aromatic nitrogens is 4. The number of amides is 1. The van der Waals surface area contributed by atoms with E-state index in [4.69, 9.17) is 5.73 Å². The van der Waals surface area contributed by atoms with Crippen molar-refractivity contribution >= 4 is 11.7 Å². The molecular weight excluding hydrogens is 208 g/mol. The van der Waals surface area contributed by atoms with Crippen LogP contribution in [0.2, 0.25) is 0 Å². The van der Waals surface area contributed by atoms with Crippen molar-refractivity contribution in [2.45, 2.75) is 6.54 Å². The predicted molar refractivity (Wildman–Crippen MR) is 57.8 cm³/mol. The summed E-state index contributed by atoms with van der Waals surface area (Å²) in [4.78, 5) is 15.6. The fraction of sp³-hybridized carbons (Fsp3) is 0.222. The molecule has 0 aromatic carbocycles. The SMILES string of the molecule is NCCn1cnc(C(=O)Nc2ccn[nH]2)c1. The van der Waals surface area contributed by atoms with Crippen LogP contribution >= 0.6 is 0 Å². The highest BCUT2D eigenvalue weighted by Gasteiger charge is 2.09. The highest BCUT2D eigenvalue weighted by Crippen LogP contribution is 2.03. The Labute approximate surface area is 91.7 Å². The molecule has 0 radical (unpaired) electrons. The minimum Gasteiger partial charge on any atom is -0.335 e. The Bertz CT molecular complexity index is 460. The van der Waals surface area contributed by atoms with E-state index in [1.807, 2.05) is 0 Å². The zero-order valence-electron chi connectivity index (χ0n) is 8.55. The summed E-state index contributed by atoms with van der Waals surface area (Å²) in [5.41, 5.74) is 5.74. The second kappa shape index (κ2) is 4.58. The van der Waals surface area contributed by atoms with Crippen molar-refractivity contribution in [2.24, 2.45) is 5.73 Å². The van der Waals surface area contributed by atoms with Crippen LogP contribution in [0.4, 0.5) is 5.82 Å². The molecule has 0 saturated carbocycles. The van der Waals surface area contributed by atoms with Gasteiger partial charge in [0.25, 0.3) is 5.91 Å². The third-order valence-electron chi connectivity index (χ3n) is 2.00. The van der Waals surface area contributed by atoms with Gasteiger partial charge in [-0.2, -0.15) is 5.10 Å². The van der Waals surface area contributed by atoms with Crippen LogP contribution in [0, 0.1) is 0 Å². The molecule has 2 rings (SSSR count). The van der Waals surface area contributed by atoms with Crippen molar-refractivity contribution < 1.29 is 4.79 Å². The van der Waals surface area contributed by atoms with E-state index < -0.39 is 0 Å². The first-order valence-electron chi connectivity index (χ1n) is 4.82. The Balaban J connectivity index is 2.03. The number of H-pyrrole nitrogens is 1. The number of aromatic amines is 1. The first-order chi connectivity index (χ1) is 7.79. The number of hydrogen-bond acceptors (Lipinski definition) is 4. The highest BCUT2D eigenvalue weighted by atomic mass is 16.2. The van der Waals surface area contributed by atoms with Crippen LogP contribution in [0.3, 0.4) is 0 Å². The van der Waals surface area contributed by atoms with Gasteiger partial charge in [-0.25, -0.2) is 4.98 Å². The first kappa shape index (κ1) is 10.4. The minimum atomic E-state index is -0.278. The lowest BCUT2D eigenvalue weighted by Gasteiger charge is -1.98. The summed E-state index contributed by atoms with van der Waals surface area (Å²) in [5.74, 6) is 0.262. The van der Waals surface area contributed by atoms with Gasteiger partial charge in [-0.1, -0.05) is 0 Å². The van der Waals surface area contributed by atoms with Gasteiger partial charge in [-0.3, -0.25) is 9.89 Å². The molecule has 0 saturated heterocycles. The van der Waals surface area contributed by atoms with Crippen molar-refractivity contribution in [1.29, 1.82) is 0 Å². The Hall–Kier alpha value is -2.15. The van der Waals surface area contributed by atoms with E-state index >= 15 is 0 Å². The van der Waals surface area contributed by atoms with Crippen molar-refractivity contribution in [3.05, 3.63) is 30.5 Å². The highest BCUT2D eigenvalue weighted by molar-refractivity contribution is 6.02. The maximum atomic E-state index is 11.7. The van der Waals surface area contributed by atoms with E-state index in [1.54, 1.807) is 29.4 Å². The third kappa shape index (κ3) is 2.26. The normalized spacial score (nSPS) is 10.3. The minimum absolute atomic E-state index is 0.278. The van der Waals surface area contributed by atoms with Gasteiger partial charge in [0.1, 0.15) is 11.5 Å². The summed E-state index contributed by atoms with van der Waals surface area (Å²) >= 11 is 0. The third-order valence-corrected chi connectivity index (χ3v) is 2.00. The predicted octanol–water partition coefficient (Wildman–Crippen LogP) is -0.183. The molecule has 2 aromatic heterocycles. The van der Waals surface area contributed by atoms with Crippen molar-refractivity contribution in [2.75, 3.05) is 11.9 Å². The molecule has 16 heavy (non-hydrogen) atoms. The van der Waals surface area contributed by atoms with E-state index in [9.17, 15) is 4.79 Å². The fourth-order valence-electron chi connectivity index (χ4n) is 1.26. The second-order valence-corrected chi connectivity index (χ2v) is 3.21. The average molecular weight is 220 g/mol. The van der Waals surface area contributed by atoms with Crippen molar-refractivity contribution in [1.82, 2.24) is 19.7 Å². The van der Waals surface area contributed by atoms with E-state index in [-0.39, 0.29) is 5.91 Å². The van der Waals surface area contributed by atoms with Crippen LogP contribution in [0.5, 0.6) is 0 Å². The van der Waals surface area contributed by atoms with Crippen LogP contribution in [0.1, 0.15) is 10.5 Å². The molecule has 0 aliphatic carbocycles. The molecule has 0 aliphatic heterocycles. The van der Waals surface area contributed by atoms with Crippen molar-refractivity contribution in [3.63, 3.8) is 0 Å². The maximum Gasteiger partial charge on any atom is 0.276 e. The average Bonchev–Trinajstić information content (AvgIpc) is 2.89. The summed E-state index contributed by atoms with van der Waals surface area (Å²) in [6.45, 7) is 1.16. The molecule has 2 heterocycles. The van der Waals surface area contributed by atoms with Crippen LogP contribution < -0.4 is 11.1 Å². The molecule has 1 amide bonds. The number of carbonyl (C=O) groups is 1. The van der Waals surface area contributed by atoms with Crippen LogP contribution in [-0.4, -0.2) is 32.2 Å². The number of nitrogens with two attached hydrogens (primary N) is 1. The molecule has 0 atom stereocenters. The quantitative estimate of drug-likeness (QED) is 0.665. The fourth-order valence-corrected chi connectivity index (χ4v) is 1.26. The summed E-state index contributed by atoms with van der Waals surface area (Å²) in [5, 5.41) is 8.98. The molecule has 0 spiro atoms. The summed E-state index contributed by atoms with van der Waals surface area (Å²) in [7, 11) is 0. The number of anilines is 1. The first-order valence-corrected chi connectivity index (χ1v) is 4.82. The number of nitrogens with zero attached hydrogens (tertiary/aromatic N) is 3. The molecule has 4 N–H and O–H groups in total. The topological polar surface area (TPSA) is 102 Å². The molecule has 0 unspecified atom stereocenters. The molecule has 0 aliphatic rings. The second-order valence-electron chi connectivity index (χ2n) is 3.21. The standard InChI is InChI=1S/C9H12N6O/c10-2-4-15-5-7(11-6-15)9(16)13-8-1-3-12-14-8/h1,3,5-6H,2,4,10H2,(H2,12,13,14,16). The Kier molecular flexibility index (Phi) is 2.97. The van der Waals surface area contributed by atoms with Gasteiger partial charge >= 0.3 is 0 Å². The van der Waals surface area contributed by atoms with Gasteiger partial charge < -0.3 is 15.6 Å². The summed E-state index contributed by atoms with van der Waals surface area (Å²) < 4.78 is 1.77. The number of nitrogens with one attached hydrogen (secondary N) is 2. The molecule has 0 bridgehead atoms. The van der Waals surface area contributed by atoms with Crippen molar-refractivity contribution in [3.8, 4) is 0 Å². The Morgan fingerprint density at radius 1 is 1.62 bits per heavy atom. The number of imidazole rings is 1. The van der Waals surface area contributed by atoms with Gasteiger partial charge in [0, 0.05) is 25.4 Å². The lowest BCUT2D eigenvalue weighted by molar-refractivity contribution is 0.102. The molecule has 7 nitrogen and oxygen atoms in total. The van der Waals surface area contributed by atoms with Gasteiger partial charge in [0.2, 0.25) is 0 Å². The molecule has 0 fully saturated rings. The van der Waals surface area contributed by atoms with Crippen LogP contribution in [0.15, 0.2) is 24.8 Å². The zero-order chi connectivity index (χ0) is 11.4. The molecule has 7 heteroatoms. The number of carbonyl (C=O) groups excluding carboxylic acids is 1. The van der Waals surface area contributed by atoms with Gasteiger partial charge in [-0.15, -0.1) is 0 Å². The van der Waals surface area contributed by atoms with Gasteiger partial charge in [0.15, 0.2) is 0 Å². The summed E-state index contributed by atoms with van der Waals surface area (Å²) in [6.07, 6.45) is 4.79. The van der Waals surface area contributed by atoms with Gasteiger partial charge in [0.05, 0.1) is 12.5 Å². The van der Waals surface area contributed by atoms with E-state index in [0.29, 0.717) is 24.6 Å². The summed E-state index contributed by atoms with van der Waals surface area (Å²) in [6, 6.07) is 1.66. The van der Waals surface area contributed by atoms with Crippen LogP contribution in [0.25, 0.3) is 0 Å². The lowest BCUT2D eigenvalue weighted by atomic mass is 10.4. The smallest absolute Gasteiger partial charge is 0.276 e. The Morgan fingerprint density at radius 3 is 3.19 bits per heavy atom. The molecule has 84 valence electrons. The van der Waals surface area contributed by atoms with E-state index in [0.717, 1.165) is 0 Å². The number of hydrogen-bond donors (Lipinski definition) is 3. The maximum absolute atomic E-state index is 11.7. The van der Waals surface area contributed by atoms with E-state index in [2.05, 4.69) is 20.5 Å². The van der Waals surface area contributed by atoms with Crippen LogP contribution in [-0.2, 0) is 6.54 Å². The Morgan fingerprint density at radius 2 is 2.50 bits per heavy atom. The zero-order valence-corrected chi connectivity index (χ0v) is 8.55. The largest absolute Gasteiger partial charge is 0.335 e. The molecular formula is C9H12N6O. The molecule has 2 aromatic rings. The number of rotatable bonds is 4.